The van der Waals surface area contributed by atoms with E-state index in [9.17, 15) is 0 Å². The lowest BCUT2D eigenvalue weighted by Crippen LogP contribution is -2.41. The number of nitrogens with zero attached hydrogens (tertiary/aromatic N) is 1. The van der Waals surface area contributed by atoms with Gasteiger partial charge in [0.1, 0.15) is 0 Å². The Hall–Kier alpha value is -1.06. The van der Waals surface area contributed by atoms with Gasteiger partial charge < -0.3 is 15.4 Å². The summed E-state index contributed by atoms with van der Waals surface area (Å²) in [4.78, 5) is 2.36. The lowest BCUT2D eigenvalue weighted by atomic mass is 10.1. The van der Waals surface area contributed by atoms with Crippen LogP contribution in [0.4, 0.5) is 5.69 Å². The molecule has 3 heteroatoms. The van der Waals surface area contributed by atoms with Gasteiger partial charge in [-0.3, -0.25) is 0 Å². The second-order valence-corrected chi connectivity index (χ2v) is 4.51. The summed E-state index contributed by atoms with van der Waals surface area (Å²) in [5.41, 5.74) is 8.34. The Kier molecular flexibility index (Phi) is 3.46. The third kappa shape index (κ3) is 2.54. The first-order valence-electron chi connectivity index (χ1n) is 5.89. The van der Waals surface area contributed by atoms with Gasteiger partial charge in [-0.25, -0.2) is 0 Å². The molecule has 0 amide bonds. The van der Waals surface area contributed by atoms with Crippen molar-refractivity contribution in [1.29, 1.82) is 0 Å². The average Bonchev–Trinajstić information content (AvgIpc) is 2.29. The molecule has 3 nitrogen and oxygen atoms in total. The molecule has 16 heavy (non-hydrogen) atoms. The van der Waals surface area contributed by atoms with Crippen LogP contribution in [0.15, 0.2) is 24.3 Å². The van der Waals surface area contributed by atoms with Gasteiger partial charge in [0.2, 0.25) is 0 Å². The molecule has 1 unspecified atom stereocenters. The fourth-order valence-corrected chi connectivity index (χ4v) is 2.06. The Morgan fingerprint density at radius 3 is 3.00 bits per heavy atom. The maximum absolute atomic E-state index is 5.90. The van der Waals surface area contributed by atoms with Crippen LogP contribution < -0.4 is 10.6 Å². The van der Waals surface area contributed by atoms with Gasteiger partial charge in [0.05, 0.1) is 12.7 Å². The van der Waals surface area contributed by atoms with Gasteiger partial charge in [0.15, 0.2) is 0 Å². The summed E-state index contributed by atoms with van der Waals surface area (Å²) in [5, 5.41) is 0. The van der Waals surface area contributed by atoms with E-state index in [1.165, 1.54) is 11.3 Å². The molecule has 1 heterocycles. The van der Waals surface area contributed by atoms with Crippen molar-refractivity contribution in [3.63, 3.8) is 0 Å². The zero-order valence-corrected chi connectivity index (χ0v) is 10.0. The fraction of sp³-hybridized carbons (Fsp3) is 0.538. The maximum Gasteiger partial charge on any atom is 0.0722 e. The first kappa shape index (κ1) is 11.4. The summed E-state index contributed by atoms with van der Waals surface area (Å²) in [7, 11) is 0. The highest BCUT2D eigenvalue weighted by atomic mass is 16.5. The topological polar surface area (TPSA) is 38.5 Å². The minimum absolute atomic E-state index is 0.0958. The molecular formula is C13H20N2O. The number of rotatable bonds is 2. The highest BCUT2D eigenvalue weighted by molar-refractivity contribution is 5.49. The molecule has 1 aromatic rings. The van der Waals surface area contributed by atoms with Crippen LogP contribution in [-0.2, 0) is 4.74 Å². The smallest absolute Gasteiger partial charge is 0.0722 e. The molecule has 0 aromatic heterocycles. The number of anilines is 1. The summed E-state index contributed by atoms with van der Waals surface area (Å²) in [6.45, 7) is 6.86. The SMILES string of the molecule is CC(N)c1cccc(N2CCO[C@@H](C)C2)c1. The molecule has 1 aromatic carbocycles. The molecule has 1 aliphatic heterocycles. The van der Waals surface area contributed by atoms with Crippen molar-refractivity contribution < 1.29 is 4.74 Å². The van der Waals surface area contributed by atoms with Crippen LogP contribution in [0, 0.1) is 0 Å². The van der Waals surface area contributed by atoms with Gasteiger partial charge in [-0.2, -0.15) is 0 Å². The minimum Gasteiger partial charge on any atom is -0.375 e. The van der Waals surface area contributed by atoms with Gasteiger partial charge >= 0.3 is 0 Å². The molecule has 0 spiro atoms. The quantitative estimate of drug-likeness (QED) is 0.827. The van der Waals surface area contributed by atoms with Crippen LogP contribution in [0.5, 0.6) is 0 Å². The molecule has 1 fully saturated rings. The van der Waals surface area contributed by atoms with Crippen molar-refractivity contribution in [1.82, 2.24) is 0 Å². The zero-order valence-electron chi connectivity index (χ0n) is 10.0. The van der Waals surface area contributed by atoms with Crippen molar-refractivity contribution in [3.05, 3.63) is 29.8 Å². The van der Waals surface area contributed by atoms with Crippen LogP contribution in [0.3, 0.4) is 0 Å². The first-order valence-corrected chi connectivity index (χ1v) is 5.89. The van der Waals surface area contributed by atoms with E-state index in [0.717, 1.165) is 19.7 Å². The van der Waals surface area contributed by atoms with Crippen LogP contribution in [0.1, 0.15) is 25.5 Å². The van der Waals surface area contributed by atoms with E-state index in [1.54, 1.807) is 0 Å². The number of hydrogen-bond acceptors (Lipinski definition) is 3. The lowest BCUT2D eigenvalue weighted by Gasteiger charge is -2.33. The van der Waals surface area contributed by atoms with E-state index in [1.807, 2.05) is 6.92 Å². The average molecular weight is 220 g/mol. The molecule has 0 radical (unpaired) electrons. The number of hydrogen-bond donors (Lipinski definition) is 1. The Morgan fingerprint density at radius 2 is 2.31 bits per heavy atom. The van der Waals surface area contributed by atoms with E-state index < -0.39 is 0 Å². The summed E-state index contributed by atoms with van der Waals surface area (Å²) in [6, 6.07) is 8.58. The second-order valence-electron chi connectivity index (χ2n) is 4.51. The molecule has 0 saturated carbocycles. The molecule has 2 N–H and O–H groups in total. The number of morpholine rings is 1. The van der Waals surface area contributed by atoms with Crippen molar-refractivity contribution in [3.8, 4) is 0 Å². The highest BCUT2D eigenvalue weighted by Crippen LogP contribution is 2.21. The van der Waals surface area contributed by atoms with E-state index in [0.29, 0.717) is 6.10 Å². The first-order chi connectivity index (χ1) is 7.66. The Labute approximate surface area is 97.2 Å². The third-order valence-corrected chi connectivity index (χ3v) is 3.00. The lowest BCUT2D eigenvalue weighted by molar-refractivity contribution is 0.0532. The van der Waals surface area contributed by atoms with Gasteiger partial charge in [-0.05, 0) is 31.5 Å². The zero-order chi connectivity index (χ0) is 11.5. The normalized spacial score (nSPS) is 23.2. The van der Waals surface area contributed by atoms with Crippen molar-refractivity contribution in [2.45, 2.75) is 26.0 Å². The predicted molar refractivity (Wildman–Crippen MR) is 66.7 cm³/mol. The number of nitrogens with two attached hydrogens (primary N) is 1. The van der Waals surface area contributed by atoms with Gasteiger partial charge in [-0.1, -0.05) is 12.1 Å². The van der Waals surface area contributed by atoms with E-state index in [2.05, 4.69) is 36.1 Å². The Balaban J connectivity index is 2.16. The Bertz CT molecular complexity index is 352. The predicted octanol–water partition coefficient (Wildman–Crippen LogP) is 1.93. The minimum atomic E-state index is 0.0958. The monoisotopic (exact) mass is 220 g/mol. The molecule has 2 atom stereocenters. The van der Waals surface area contributed by atoms with Crippen LogP contribution in [-0.4, -0.2) is 25.8 Å². The molecule has 2 rings (SSSR count). The number of ether oxygens (including phenoxy) is 1. The van der Waals surface area contributed by atoms with Crippen molar-refractivity contribution in [2.24, 2.45) is 5.73 Å². The fourth-order valence-electron chi connectivity index (χ4n) is 2.06. The van der Waals surface area contributed by atoms with E-state index in [4.69, 9.17) is 10.5 Å². The largest absolute Gasteiger partial charge is 0.375 e. The number of benzene rings is 1. The van der Waals surface area contributed by atoms with Gasteiger partial charge in [-0.15, -0.1) is 0 Å². The summed E-state index contributed by atoms with van der Waals surface area (Å²) < 4.78 is 5.54. The van der Waals surface area contributed by atoms with Crippen molar-refractivity contribution >= 4 is 5.69 Å². The summed E-state index contributed by atoms with van der Waals surface area (Å²) in [5.74, 6) is 0. The standard InChI is InChI=1S/C13H20N2O/c1-10-9-15(6-7-16-10)13-5-3-4-12(8-13)11(2)14/h3-5,8,10-11H,6-7,9,14H2,1-2H3/t10-,11?/m0/s1. The van der Waals surface area contributed by atoms with E-state index >= 15 is 0 Å². The summed E-state index contributed by atoms with van der Waals surface area (Å²) >= 11 is 0. The molecule has 0 bridgehead atoms. The Morgan fingerprint density at radius 1 is 1.50 bits per heavy atom. The van der Waals surface area contributed by atoms with Crippen LogP contribution >= 0.6 is 0 Å². The maximum atomic E-state index is 5.90. The molecule has 1 aliphatic rings. The van der Waals surface area contributed by atoms with Gasteiger partial charge in [0, 0.05) is 24.8 Å². The molecular weight excluding hydrogens is 200 g/mol. The molecule has 0 aliphatic carbocycles. The van der Waals surface area contributed by atoms with E-state index in [-0.39, 0.29) is 6.04 Å². The van der Waals surface area contributed by atoms with Crippen LogP contribution in [0.2, 0.25) is 0 Å². The van der Waals surface area contributed by atoms with Crippen LogP contribution in [0.25, 0.3) is 0 Å². The summed E-state index contributed by atoms with van der Waals surface area (Å²) in [6.07, 6.45) is 0.313. The second kappa shape index (κ2) is 4.85. The third-order valence-electron chi connectivity index (χ3n) is 3.00. The van der Waals surface area contributed by atoms with Gasteiger partial charge in [0.25, 0.3) is 0 Å². The molecule has 88 valence electrons. The molecule has 1 saturated heterocycles. The van der Waals surface area contributed by atoms with Crippen molar-refractivity contribution in [2.75, 3.05) is 24.6 Å². The highest BCUT2D eigenvalue weighted by Gasteiger charge is 2.17.